The minimum Gasteiger partial charge on any atom is -0.370 e. The fraction of sp³-hybridized carbons (Fsp3) is 0.542. The Balaban J connectivity index is 1.32. The second-order valence-corrected chi connectivity index (χ2v) is 8.68. The van der Waals surface area contributed by atoms with Crippen LogP contribution in [-0.2, 0) is 23.1 Å². The van der Waals surface area contributed by atoms with E-state index in [1.807, 2.05) is 37.6 Å². The Kier molecular flexibility index (Phi) is 7.42. The second-order valence-electron chi connectivity index (χ2n) is 8.68. The summed E-state index contributed by atoms with van der Waals surface area (Å²) in [7, 11) is 3.72. The monoisotopic (exact) mass is 438 g/mol. The van der Waals surface area contributed by atoms with Crippen molar-refractivity contribution in [2.45, 2.75) is 44.8 Å². The van der Waals surface area contributed by atoms with E-state index in [2.05, 4.69) is 31.7 Å². The smallest absolute Gasteiger partial charge is 0.227 e. The quantitative estimate of drug-likeness (QED) is 0.554. The molecule has 1 saturated heterocycles. The minimum atomic E-state index is -0.0191. The lowest BCUT2D eigenvalue weighted by Crippen LogP contribution is -2.47. The molecule has 1 unspecified atom stereocenters. The van der Waals surface area contributed by atoms with Gasteiger partial charge in [0.15, 0.2) is 5.96 Å². The van der Waals surface area contributed by atoms with Gasteiger partial charge in [-0.3, -0.25) is 14.5 Å². The average Bonchev–Trinajstić information content (AvgIpc) is 3.27. The topological polar surface area (TPSA) is 83.8 Å². The first kappa shape index (κ1) is 22.3. The van der Waals surface area contributed by atoms with Crippen molar-refractivity contribution in [3.8, 4) is 0 Å². The molecule has 1 saturated carbocycles. The number of rotatable bonds is 5. The van der Waals surface area contributed by atoms with Gasteiger partial charge in [0.05, 0.1) is 19.3 Å². The Morgan fingerprint density at radius 2 is 2.12 bits per heavy atom. The van der Waals surface area contributed by atoms with Crippen LogP contribution in [0.25, 0.3) is 0 Å². The first-order valence-electron chi connectivity index (χ1n) is 11.6. The number of nitrogens with zero attached hydrogens (tertiary/aromatic N) is 4. The van der Waals surface area contributed by atoms with Gasteiger partial charge < -0.3 is 20.3 Å². The van der Waals surface area contributed by atoms with Crippen LogP contribution >= 0.6 is 0 Å². The van der Waals surface area contributed by atoms with Crippen LogP contribution < -0.4 is 10.6 Å². The maximum Gasteiger partial charge on any atom is 0.227 e. The number of aryl methyl sites for hydroxylation is 1. The van der Waals surface area contributed by atoms with E-state index in [9.17, 15) is 4.79 Å². The molecule has 0 bridgehead atoms. The first-order chi connectivity index (χ1) is 15.6. The van der Waals surface area contributed by atoms with Crippen molar-refractivity contribution < 1.29 is 9.53 Å². The van der Waals surface area contributed by atoms with Gasteiger partial charge in [0.1, 0.15) is 6.10 Å². The average molecular weight is 439 g/mol. The van der Waals surface area contributed by atoms with Gasteiger partial charge in [-0.2, -0.15) is 5.10 Å². The SMILES string of the molecule is CN=C(NCc1cccc(NC(=O)C2CCCCC2)c1)N1CCOC(c2cnn(C)c2)C1. The van der Waals surface area contributed by atoms with Crippen molar-refractivity contribution in [1.82, 2.24) is 20.0 Å². The Morgan fingerprint density at radius 1 is 1.28 bits per heavy atom. The van der Waals surface area contributed by atoms with Gasteiger partial charge in [-0.1, -0.05) is 31.4 Å². The highest BCUT2D eigenvalue weighted by Crippen LogP contribution is 2.25. The summed E-state index contributed by atoms with van der Waals surface area (Å²) >= 11 is 0. The Hall–Kier alpha value is -2.87. The van der Waals surface area contributed by atoms with Gasteiger partial charge in [-0.15, -0.1) is 0 Å². The van der Waals surface area contributed by atoms with E-state index in [1.165, 1.54) is 6.42 Å². The molecule has 0 spiro atoms. The Morgan fingerprint density at radius 3 is 2.88 bits per heavy atom. The molecule has 8 nitrogen and oxygen atoms in total. The maximum absolute atomic E-state index is 12.6. The highest BCUT2D eigenvalue weighted by molar-refractivity contribution is 5.92. The largest absolute Gasteiger partial charge is 0.370 e. The Bertz CT molecular complexity index is 934. The molecule has 0 radical (unpaired) electrons. The lowest BCUT2D eigenvalue weighted by molar-refractivity contribution is -0.120. The number of benzene rings is 1. The van der Waals surface area contributed by atoms with Crippen LogP contribution in [0.1, 0.15) is 49.3 Å². The summed E-state index contributed by atoms with van der Waals surface area (Å²) < 4.78 is 7.75. The molecule has 2 fully saturated rings. The summed E-state index contributed by atoms with van der Waals surface area (Å²) in [6, 6.07) is 8.05. The van der Waals surface area contributed by atoms with Crippen LogP contribution in [0.5, 0.6) is 0 Å². The first-order valence-corrected chi connectivity index (χ1v) is 11.6. The van der Waals surface area contributed by atoms with Crippen molar-refractivity contribution in [2.75, 3.05) is 32.1 Å². The fourth-order valence-electron chi connectivity index (χ4n) is 4.53. The van der Waals surface area contributed by atoms with Crippen LogP contribution in [0, 0.1) is 5.92 Å². The van der Waals surface area contributed by atoms with Gasteiger partial charge in [0, 0.05) is 50.6 Å². The van der Waals surface area contributed by atoms with Gasteiger partial charge >= 0.3 is 0 Å². The number of aliphatic imine (C=N–C) groups is 1. The summed E-state index contributed by atoms with van der Waals surface area (Å²) in [6.45, 7) is 2.79. The molecule has 1 atom stereocenters. The molecule has 1 aliphatic heterocycles. The molecule has 4 rings (SSSR count). The molecular weight excluding hydrogens is 404 g/mol. The lowest BCUT2D eigenvalue weighted by Gasteiger charge is -2.34. The molecule has 1 amide bonds. The van der Waals surface area contributed by atoms with Gasteiger partial charge in [-0.25, -0.2) is 0 Å². The summed E-state index contributed by atoms with van der Waals surface area (Å²) in [5.41, 5.74) is 3.04. The van der Waals surface area contributed by atoms with E-state index < -0.39 is 0 Å². The third-order valence-corrected chi connectivity index (χ3v) is 6.30. The number of morpholine rings is 1. The Labute approximate surface area is 190 Å². The third kappa shape index (κ3) is 5.68. The molecule has 32 heavy (non-hydrogen) atoms. The maximum atomic E-state index is 12.6. The number of anilines is 1. The van der Waals surface area contributed by atoms with Gasteiger partial charge in [0.2, 0.25) is 5.91 Å². The van der Waals surface area contributed by atoms with Crippen molar-refractivity contribution in [1.29, 1.82) is 0 Å². The minimum absolute atomic E-state index is 0.0191. The zero-order valence-corrected chi connectivity index (χ0v) is 19.1. The number of amides is 1. The van der Waals surface area contributed by atoms with E-state index in [0.717, 1.165) is 61.5 Å². The van der Waals surface area contributed by atoms with E-state index in [1.54, 1.807) is 11.7 Å². The highest BCUT2D eigenvalue weighted by Gasteiger charge is 2.25. The zero-order valence-electron chi connectivity index (χ0n) is 19.1. The van der Waals surface area contributed by atoms with Crippen LogP contribution in [0.15, 0.2) is 41.7 Å². The van der Waals surface area contributed by atoms with Crippen molar-refractivity contribution in [3.05, 3.63) is 47.8 Å². The molecule has 2 aromatic rings. The third-order valence-electron chi connectivity index (χ3n) is 6.30. The molecule has 2 N–H and O–H groups in total. The number of hydrogen-bond acceptors (Lipinski definition) is 4. The van der Waals surface area contributed by atoms with E-state index >= 15 is 0 Å². The number of nitrogens with one attached hydrogen (secondary N) is 2. The molecule has 2 heterocycles. The molecule has 172 valence electrons. The number of aromatic nitrogens is 2. The lowest BCUT2D eigenvalue weighted by atomic mass is 9.88. The summed E-state index contributed by atoms with van der Waals surface area (Å²) in [5, 5.41) is 10.8. The van der Waals surface area contributed by atoms with E-state index in [-0.39, 0.29) is 17.9 Å². The summed E-state index contributed by atoms with van der Waals surface area (Å²) in [5.74, 6) is 1.15. The van der Waals surface area contributed by atoms with Crippen LogP contribution in [0.3, 0.4) is 0 Å². The van der Waals surface area contributed by atoms with Crippen LogP contribution in [0.4, 0.5) is 5.69 Å². The fourth-order valence-corrected chi connectivity index (χ4v) is 4.53. The predicted molar refractivity (Wildman–Crippen MR) is 125 cm³/mol. The molecule has 2 aliphatic rings. The molecule has 1 aliphatic carbocycles. The normalized spacial score (nSPS) is 20.2. The summed E-state index contributed by atoms with van der Waals surface area (Å²) in [4.78, 5) is 19.3. The summed E-state index contributed by atoms with van der Waals surface area (Å²) in [6.07, 6.45) is 9.41. The highest BCUT2D eigenvalue weighted by atomic mass is 16.5. The number of carbonyl (C=O) groups is 1. The van der Waals surface area contributed by atoms with Crippen molar-refractivity contribution in [3.63, 3.8) is 0 Å². The van der Waals surface area contributed by atoms with Crippen LogP contribution in [-0.4, -0.2) is 53.3 Å². The van der Waals surface area contributed by atoms with Crippen molar-refractivity contribution in [2.24, 2.45) is 18.0 Å². The molecular formula is C24H34N6O2. The van der Waals surface area contributed by atoms with Gasteiger partial charge in [0.25, 0.3) is 0 Å². The zero-order chi connectivity index (χ0) is 22.3. The predicted octanol–water partition coefficient (Wildman–Crippen LogP) is 3.09. The number of carbonyl (C=O) groups excluding carboxylic acids is 1. The van der Waals surface area contributed by atoms with E-state index in [0.29, 0.717) is 13.2 Å². The molecule has 1 aromatic carbocycles. The van der Waals surface area contributed by atoms with Gasteiger partial charge in [-0.05, 0) is 30.5 Å². The number of ether oxygens (including phenoxy) is 1. The second kappa shape index (κ2) is 10.6. The van der Waals surface area contributed by atoms with Crippen LogP contribution in [0.2, 0.25) is 0 Å². The number of hydrogen-bond donors (Lipinski definition) is 2. The molecule has 1 aromatic heterocycles. The molecule has 8 heteroatoms. The van der Waals surface area contributed by atoms with E-state index in [4.69, 9.17) is 4.74 Å². The van der Waals surface area contributed by atoms with Crippen molar-refractivity contribution >= 4 is 17.6 Å². The standard InChI is InChI=1S/C24H34N6O2/c1-25-24(30-11-12-32-22(17-30)20-15-27-29(2)16-20)26-14-18-7-6-10-21(13-18)28-23(31)19-8-4-3-5-9-19/h6-7,10,13,15-16,19,22H,3-5,8-9,11-12,14,17H2,1-2H3,(H,25,26)(H,28,31). The number of guanidine groups is 1.